The van der Waals surface area contributed by atoms with Crippen LogP contribution in [0.3, 0.4) is 0 Å². The fourth-order valence-corrected chi connectivity index (χ4v) is 1.49. The van der Waals surface area contributed by atoms with Crippen LogP contribution in [0.2, 0.25) is 0 Å². The molecule has 0 aromatic rings. The monoisotopic (exact) mass is 285 g/mol. The zero-order chi connectivity index (χ0) is 8.81. The molecule has 1 fully saturated rings. The highest BCUT2D eigenvalue weighted by atomic mass is 127. The van der Waals surface area contributed by atoms with Gasteiger partial charge in [-0.25, -0.2) is 0 Å². The van der Waals surface area contributed by atoms with Gasteiger partial charge in [0.2, 0.25) is 0 Å². The lowest BCUT2D eigenvalue weighted by Crippen LogP contribution is -2.37. The van der Waals surface area contributed by atoms with Gasteiger partial charge in [0.1, 0.15) is 23.0 Å². The van der Waals surface area contributed by atoms with Crippen LogP contribution >= 0.6 is 23.0 Å². The normalized spacial score (nSPS) is 22.5. The van der Waals surface area contributed by atoms with Crippen molar-refractivity contribution in [3.63, 3.8) is 0 Å². The van der Waals surface area contributed by atoms with Gasteiger partial charge in [0.05, 0.1) is 19.3 Å². The number of halogens is 1. The van der Waals surface area contributed by atoms with Gasteiger partial charge >= 0.3 is 0 Å². The zero-order valence-electron chi connectivity index (χ0n) is 7.46. The van der Waals surface area contributed by atoms with Crippen LogP contribution in [0, 0.1) is 0 Å². The van der Waals surface area contributed by atoms with Gasteiger partial charge in [0.25, 0.3) is 0 Å². The summed E-state index contributed by atoms with van der Waals surface area (Å²) < 4.78 is 10.4. The van der Waals surface area contributed by atoms with Crippen LogP contribution in [0.25, 0.3) is 0 Å². The summed E-state index contributed by atoms with van der Waals surface area (Å²) in [6.07, 6.45) is 1.48. The number of rotatable bonds is 4. The van der Waals surface area contributed by atoms with Gasteiger partial charge in [0, 0.05) is 19.6 Å². The molecule has 0 saturated carbocycles. The molecule has 1 atom stereocenters. The molecule has 4 heteroatoms. The Morgan fingerprint density at radius 1 is 1.50 bits per heavy atom. The minimum absolute atomic E-state index is 0.369. The largest absolute Gasteiger partial charge is 0.379 e. The van der Waals surface area contributed by atoms with Crippen molar-refractivity contribution in [2.75, 3.05) is 32.8 Å². The zero-order valence-corrected chi connectivity index (χ0v) is 9.62. The molecule has 1 saturated heterocycles. The molecular formula is C8H16INO2. The molecular weight excluding hydrogens is 269 g/mol. The summed E-state index contributed by atoms with van der Waals surface area (Å²) in [5.74, 6) is 0. The summed E-state index contributed by atoms with van der Waals surface area (Å²) in [6.45, 7) is 7.17. The average Bonchev–Trinajstić information content (AvgIpc) is 2.16. The van der Waals surface area contributed by atoms with Gasteiger partial charge in [0.15, 0.2) is 0 Å². The van der Waals surface area contributed by atoms with Gasteiger partial charge in [-0.3, -0.25) is 4.90 Å². The van der Waals surface area contributed by atoms with Crippen molar-refractivity contribution in [3.05, 3.63) is 0 Å². The minimum atomic E-state index is 0.369. The van der Waals surface area contributed by atoms with Gasteiger partial charge < -0.3 is 7.80 Å². The molecule has 0 N–H and O–H groups in total. The Morgan fingerprint density at radius 2 is 2.17 bits per heavy atom. The second-order valence-corrected chi connectivity index (χ2v) is 3.65. The van der Waals surface area contributed by atoms with E-state index in [-0.39, 0.29) is 0 Å². The Labute approximate surface area is 88.1 Å². The number of ether oxygens (including phenoxy) is 1. The van der Waals surface area contributed by atoms with E-state index in [0.29, 0.717) is 6.10 Å². The van der Waals surface area contributed by atoms with Gasteiger partial charge in [-0.2, -0.15) is 0 Å². The molecule has 0 radical (unpaired) electrons. The first-order chi connectivity index (χ1) is 5.83. The summed E-state index contributed by atoms with van der Waals surface area (Å²) in [5.41, 5.74) is 0. The number of nitrogens with zero attached hydrogens (tertiary/aromatic N) is 1. The smallest absolute Gasteiger partial charge is 0.110 e. The van der Waals surface area contributed by atoms with Crippen molar-refractivity contribution < 1.29 is 7.80 Å². The van der Waals surface area contributed by atoms with E-state index in [1.165, 1.54) is 0 Å². The third kappa shape index (κ3) is 4.02. The van der Waals surface area contributed by atoms with E-state index < -0.39 is 0 Å². The van der Waals surface area contributed by atoms with E-state index in [2.05, 4.69) is 11.8 Å². The van der Waals surface area contributed by atoms with E-state index in [1.54, 1.807) is 0 Å². The average molecular weight is 285 g/mol. The van der Waals surface area contributed by atoms with Crippen LogP contribution in [-0.4, -0.2) is 43.9 Å². The molecule has 1 heterocycles. The summed E-state index contributed by atoms with van der Waals surface area (Å²) >= 11 is 1.96. The third-order valence-corrected chi connectivity index (χ3v) is 2.98. The minimum Gasteiger partial charge on any atom is -0.379 e. The van der Waals surface area contributed by atoms with Crippen molar-refractivity contribution in [2.45, 2.75) is 19.4 Å². The summed E-state index contributed by atoms with van der Waals surface area (Å²) in [5, 5.41) is 0. The Morgan fingerprint density at radius 3 is 2.75 bits per heavy atom. The SMILES string of the molecule is CC(CCN1CCOCC1)OI. The lowest BCUT2D eigenvalue weighted by Gasteiger charge is -2.27. The first kappa shape index (κ1) is 10.7. The second kappa shape index (κ2) is 6.12. The molecule has 1 aliphatic heterocycles. The maximum Gasteiger partial charge on any atom is 0.110 e. The van der Waals surface area contributed by atoms with E-state index in [1.807, 2.05) is 23.0 Å². The molecule has 12 heavy (non-hydrogen) atoms. The maximum atomic E-state index is 5.26. The Hall–Kier alpha value is 0.610. The first-order valence-electron chi connectivity index (χ1n) is 4.40. The van der Waals surface area contributed by atoms with Crippen molar-refractivity contribution in [1.29, 1.82) is 0 Å². The predicted octanol–water partition coefficient (Wildman–Crippen LogP) is 1.46. The standard InChI is InChI=1S/C8H16INO2/c1-8(12-9)2-3-10-4-6-11-7-5-10/h8H,2-7H2,1H3. The van der Waals surface area contributed by atoms with Crippen molar-refractivity contribution in [3.8, 4) is 0 Å². The van der Waals surface area contributed by atoms with Crippen LogP contribution in [-0.2, 0) is 7.80 Å². The highest BCUT2D eigenvalue weighted by molar-refractivity contribution is 14.1. The molecule has 72 valence electrons. The molecule has 1 unspecified atom stereocenters. The van der Waals surface area contributed by atoms with E-state index >= 15 is 0 Å². The van der Waals surface area contributed by atoms with Crippen LogP contribution in [0.4, 0.5) is 0 Å². The molecule has 0 aromatic carbocycles. The highest BCUT2D eigenvalue weighted by Crippen LogP contribution is 2.05. The molecule has 0 aliphatic carbocycles. The van der Waals surface area contributed by atoms with Gasteiger partial charge in [-0.05, 0) is 13.3 Å². The van der Waals surface area contributed by atoms with E-state index in [9.17, 15) is 0 Å². The predicted molar refractivity (Wildman–Crippen MR) is 56.4 cm³/mol. The number of morpholine rings is 1. The molecule has 1 rings (SSSR count). The third-order valence-electron chi connectivity index (χ3n) is 2.11. The molecule has 0 amide bonds. The van der Waals surface area contributed by atoms with Crippen molar-refractivity contribution in [2.24, 2.45) is 0 Å². The second-order valence-electron chi connectivity index (χ2n) is 3.14. The summed E-state index contributed by atoms with van der Waals surface area (Å²) in [6, 6.07) is 0. The Bertz CT molecular complexity index is 118. The molecule has 1 aliphatic rings. The van der Waals surface area contributed by atoms with Crippen LogP contribution in [0.5, 0.6) is 0 Å². The first-order valence-corrected chi connectivity index (χ1v) is 5.28. The summed E-state index contributed by atoms with van der Waals surface area (Å²) in [4.78, 5) is 2.43. The van der Waals surface area contributed by atoms with Crippen LogP contribution in [0.1, 0.15) is 13.3 Å². The Kier molecular flexibility index (Phi) is 5.45. The Balaban J connectivity index is 2.05. The lowest BCUT2D eigenvalue weighted by molar-refractivity contribution is 0.0341. The van der Waals surface area contributed by atoms with Crippen LogP contribution in [0.15, 0.2) is 0 Å². The lowest BCUT2D eigenvalue weighted by atomic mass is 10.2. The maximum absolute atomic E-state index is 5.26. The number of hydrogen-bond donors (Lipinski definition) is 0. The van der Waals surface area contributed by atoms with E-state index in [0.717, 1.165) is 39.3 Å². The quantitative estimate of drug-likeness (QED) is 0.730. The summed E-state index contributed by atoms with van der Waals surface area (Å²) in [7, 11) is 0. The fourth-order valence-electron chi connectivity index (χ4n) is 1.23. The number of hydrogen-bond acceptors (Lipinski definition) is 3. The highest BCUT2D eigenvalue weighted by Gasteiger charge is 2.11. The van der Waals surface area contributed by atoms with Crippen molar-refractivity contribution >= 4 is 23.0 Å². The van der Waals surface area contributed by atoms with Gasteiger partial charge in [-0.15, -0.1) is 0 Å². The molecule has 3 nitrogen and oxygen atoms in total. The molecule has 0 spiro atoms. The topological polar surface area (TPSA) is 21.7 Å². The van der Waals surface area contributed by atoms with Crippen molar-refractivity contribution in [1.82, 2.24) is 4.90 Å². The van der Waals surface area contributed by atoms with Gasteiger partial charge in [-0.1, -0.05) is 0 Å². The molecule has 0 aromatic heterocycles. The van der Waals surface area contributed by atoms with Crippen LogP contribution < -0.4 is 0 Å². The fraction of sp³-hybridized carbons (Fsp3) is 1.00. The van der Waals surface area contributed by atoms with E-state index in [4.69, 9.17) is 7.80 Å². The molecule has 0 bridgehead atoms.